The molecule has 1 aliphatic rings. The van der Waals surface area contributed by atoms with E-state index in [1.165, 1.54) is 0 Å². The van der Waals surface area contributed by atoms with Gasteiger partial charge in [-0.15, -0.1) is 0 Å². The Morgan fingerprint density at radius 2 is 2.36 bits per heavy atom. The highest BCUT2D eigenvalue weighted by molar-refractivity contribution is 6.02. The molecule has 0 saturated carbocycles. The van der Waals surface area contributed by atoms with E-state index >= 15 is 0 Å². The molecular formula is C10H12N2O2. The lowest BCUT2D eigenvalue weighted by atomic mass is 10.0. The number of nitrogens with two attached hydrogens (primary N) is 1. The van der Waals surface area contributed by atoms with E-state index < -0.39 is 0 Å². The van der Waals surface area contributed by atoms with Crippen LogP contribution in [-0.4, -0.2) is 5.91 Å². The third-order valence-corrected chi connectivity index (χ3v) is 2.48. The van der Waals surface area contributed by atoms with Crippen LogP contribution in [0.4, 0.5) is 5.69 Å². The van der Waals surface area contributed by atoms with Gasteiger partial charge in [0, 0.05) is 5.69 Å². The highest BCUT2D eigenvalue weighted by Gasteiger charge is 2.26. The van der Waals surface area contributed by atoms with Gasteiger partial charge in [0.1, 0.15) is 0 Å². The average molecular weight is 192 g/mol. The summed E-state index contributed by atoms with van der Waals surface area (Å²) in [6, 6.07) is 5.72. The minimum atomic E-state index is -0.0808. The molecule has 0 spiro atoms. The fraction of sp³-hybridized carbons (Fsp3) is 0.300. The van der Waals surface area contributed by atoms with Crippen molar-refractivity contribution in [1.29, 1.82) is 0 Å². The van der Waals surface area contributed by atoms with Gasteiger partial charge in [0.05, 0.1) is 12.5 Å². The van der Waals surface area contributed by atoms with Crippen LogP contribution in [0, 0.1) is 0 Å². The lowest BCUT2D eigenvalue weighted by Gasteiger charge is -2.04. The zero-order valence-corrected chi connectivity index (χ0v) is 7.91. The number of nitrogens with one attached hydrogen (secondary N) is 1. The van der Waals surface area contributed by atoms with E-state index in [1.807, 2.05) is 25.1 Å². The summed E-state index contributed by atoms with van der Waals surface area (Å²) in [6.45, 7) is 2.25. The maximum absolute atomic E-state index is 11.3. The third kappa shape index (κ3) is 1.38. The molecule has 2 rings (SSSR count). The van der Waals surface area contributed by atoms with Crippen molar-refractivity contribution in [3.05, 3.63) is 29.3 Å². The molecule has 1 unspecified atom stereocenters. The van der Waals surface area contributed by atoms with Crippen LogP contribution in [0.25, 0.3) is 0 Å². The number of anilines is 1. The summed E-state index contributed by atoms with van der Waals surface area (Å²) in [4.78, 5) is 15.9. The number of amides is 1. The summed E-state index contributed by atoms with van der Waals surface area (Å²) < 4.78 is 0. The van der Waals surface area contributed by atoms with Crippen molar-refractivity contribution in [2.24, 2.45) is 5.90 Å². The number of hydrogen-bond acceptors (Lipinski definition) is 3. The van der Waals surface area contributed by atoms with E-state index in [2.05, 4.69) is 10.2 Å². The molecule has 0 aliphatic carbocycles. The first-order valence-electron chi connectivity index (χ1n) is 4.47. The highest BCUT2D eigenvalue weighted by Crippen LogP contribution is 2.32. The van der Waals surface area contributed by atoms with Gasteiger partial charge in [0.15, 0.2) is 0 Å². The molecule has 0 bridgehead atoms. The second kappa shape index (κ2) is 3.40. The van der Waals surface area contributed by atoms with Gasteiger partial charge in [0.2, 0.25) is 5.91 Å². The first kappa shape index (κ1) is 9.18. The van der Waals surface area contributed by atoms with Crippen LogP contribution in [0.5, 0.6) is 0 Å². The lowest BCUT2D eigenvalue weighted by Crippen LogP contribution is -2.08. The third-order valence-electron chi connectivity index (χ3n) is 2.48. The topological polar surface area (TPSA) is 64.3 Å². The monoisotopic (exact) mass is 192 g/mol. The molecule has 0 aromatic heterocycles. The van der Waals surface area contributed by atoms with Crippen LogP contribution >= 0.6 is 0 Å². The van der Waals surface area contributed by atoms with Gasteiger partial charge in [-0.2, -0.15) is 0 Å². The van der Waals surface area contributed by atoms with Crippen LogP contribution in [0.15, 0.2) is 18.2 Å². The van der Waals surface area contributed by atoms with E-state index in [4.69, 9.17) is 5.90 Å². The largest absolute Gasteiger partial charge is 0.325 e. The fourth-order valence-electron chi connectivity index (χ4n) is 1.65. The minimum absolute atomic E-state index is 0.0471. The Kier molecular flexibility index (Phi) is 2.23. The Labute approximate surface area is 82.0 Å². The van der Waals surface area contributed by atoms with Gasteiger partial charge in [-0.25, -0.2) is 5.90 Å². The van der Waals surface area contributed by atoms with Gasteiger partial charge in [0.25, 0.3) is 0 Å². The van der Waals surface area contributed by atoms with Crippen molar-refractivity contribution in [2.45, 2.75) is 19.4 Å². The lowest BCUT2D eigenvalue weighted by molar-refractivity contribution is -0.116. The maximum atomic E-state index is 11.3. The molecule has 1 aliphatic heterocycles. The molecule has 1 aromatic carbocycles. The Bertz CT molecular complexity index is 376. The van der Waals surface area contributed by atoms with Crippen molar-refractivity contribution >= 4 is 11.6 Å². The molecule has 0 fully saturated rings. The number of carbonyl (C=O) groups is 1. The molecule has 0 saturated heterocycles. The summed E-state index contributed by atoms with van der Waals surface area (Å²) in [6.07, 6.45) is 0. The number of fused-ring (bicyclic) bond motifs is 1. The predicted molar refractivity (Wildman–Crippen MR) is 52.5 cm³/mol. The molecule has 4 heteroatoms. The number of carbonyl (C=O) groups excluding carboxylic acids is 1. The molecule has 74 valence electrons. The first-order valence-corrected chi connectivity index (χ1v) is 4.47. The average Bonchev–Trinajstić information content (AvgIpc) is 2.45. The van der Waals surface area contributed by atoms with Crippen LogP contribution in [0.1, 0.15) is 24.0 Å². The van der Waals surface area contributed by atoms with Crippen molar-refractivity contribution in [3.8, 4) is 0 Å². The fourth-order valence-corrected chi connectivity index (χ4v) is 1.65. The Hall–Kier alpha value is -1.39. The number of hydrogen-bond donors (Lipinski definition) is 2. The van der Waals surface area contributed by atoms with E-state index in [9.17, 15) is 4.79 Å². The van der Waals surface area contributed by atoms with Crippen LogP contribution < -0.4 is 11.2 Å². The van der Waals surface area contributed by atoms with Gasteiger partial charge < -0.3 is 5.32 Å². The molecule has 1 heterocycles. The van der Waals surface area contributed by atoms with Crippen molar-refractivity contribution < 1.29 is 9.63 Å². The Morgan fingerprint density at radius 1 is 1.57 bits per heavy atom. The molecule has 1 aromatic rings. The van der Waals surface area contributed by atoms with E-state index in [1.54, 1.807) is 0 Å². The normalized spacial score (nSPS) is 19.3. The molecule has 4 nitrogen and oxygen atoms in total. The van der Waals surface area contributed by atoms with Crippen LogP contribution in [0.2, 0.25) is 0 Å². The minimum Gasteiger partial charge on any atom is -0.325 e. The first-order chi connectivity index (χ1) is 6.72. The summed E-state index contributed by atoms with van der Waals surface area (Å²) in [5.41, 5.74) is 2.89. The summed E-state index contributed by atoms with van der Waals surface area (Å²) in [5, 5.41) is 2.81. The second-order valence-electron chi connectivity index (χ2n) is 3.44. The van der Waals surface area contributed by atoms with Crippen molar-refractivity contribution in [2.75, 3.05) is 5.32 Å². The molecular weight excluding hydrogens is 180 g/mol. The molecule has 1 atom stereocenters. The van der Waals surface area contributed by atoms with Crippen molar-refractivity contribution in [3.63, 3.8) is 0 Å². The Balaban J connectivity index is 2.36. The van der Waals surface area contributed by atoms with E-state index in [0.717, 1.165) is 16.8 Å². The van der Waals surface area contributed by atoms with Crippen LogP contribution in [0.3, 0.4) is 0 Å². The SMILES string of the molecule is CC1C(=O)Nc2ccc(CON)cc21. The highest BCUT2D eigenvalue weighted by atomic mass is 16.6. The van der Waals surface area contributed by atoms with E-state index in [-0.39, 0.29) is 11.8 Å². The summed E-state index contributed by atoms with van der Waals surface area (Å²) >= 11 is 0. The molecule has 14 heavy (non-hydrogen) atoms. The zero-order valence-electron chi connectivity index (χ0n) is 7.91. The number of benzene rings is 1. The molecule has 3 N–H and O–H groups in total. The second-order valence-corrected chi connectivity index (χ2v) is 3.44. The van der Waals surface area contributed by atoms with Crippen LogP contribution in [-0.2, 0) is 16.2 Å². The standard InChI is InChI=1S/C10H12N2O2/c1-6-8-4-7(5-14-11)2-3-9(8)12-10(6)13/h2-4,6H,5,11H2,1H3,(H,12,13). The number of rotatable bonds is 2. The van der Waals surface area contributed by atoms with Gasteiger partial charge in [-0.3, -0.25) is 9.63 Å². The molecule has 1 amide bonds. The Morgan fingerprint density at radius 3 is 3.07 bits per heavy atom. The molecule has 0 radical (unpaired) electrons. The smallest absolute Gasteiger partial charge is 0.231 e. The predicted octanol–water partition coefficient (Wildman–Crippen LogP) is 1.13. The summed E-state index contributed by atoms with van der Waals surface area (Å²) in [7, 11) is 0. The quantitative estimate of drug-likeness (QED) is 0.690. The van der Waals surface area contributed by atoms with Crippen molar-refractivity contribution in [1.82, 2.24) is 0 Å². The van der Waals surface area contributed by atoms with E-state index in [0.29, 0.717) is 6.61 Å². The maximum Gasteiger partial charge on any atom is 0.231 e. The summed E-state index contributed by atoms with van der Waals surface area (Å²) in [5.74, 6) is 4.95. The van der Waals surface area contributed by atoms with Gasteiger partial charge >= 0.3 is 0 Å². The zero-order chi connectivity index (χ0) is 10.1. The van der Waals surface area contributed by atoms with Gasteiger partial charge in [-0.1, -0.05) is 12.1 Å². The van der Waals surface area contributed by atoms with Gasteiger partial charge in [-0.05, 0) is 24.1 Å².